The number of hydrogen-bond donors (Lipinski definition) is 0. The molecule has 0 unspecified atom stereocenters. The maximum Gasteiger partial charge on any atom is 0.216 e. The van der Waals surface area contributed by atoms with Gasteiger partial charge < -0.3 is 4.42 Å². The molecule has 3 aromatic carbocycles. The van der Waals surface area contributed by atoms with Gasteiger partial charge in [0.05, 0.1) is 21.6 Å². The summed E-state index contributed by atoms with van der Waals surface area (Å²) in [6.45, 7) is 18.8. The van der Waals surface area contributed by atoms with Gasteiger partial charge in [0.2, 0.25) is 11.2 Å². The van der Waals surface area contributed by atoms with Crippen molar-refractivity contribution in [1.82, 2.24) is 0 Å². The number of para-hydroxylation sites is 1. The average molecular weight is 437 g/mol. The number of furan rings is 1. The molecule has 0 amide bonds. The van der Waals surface area contributed by atoms with Crippen molar-refractivity contribution in [2.45, 2.75) is 33.5 Å². The predicted octanol–water partition coefficient (Wildman–Crippen LogP) is 6.94. The fourth-order valence-corrected chi connectivity index (χ4v) is 6.31. The third-order valence-corrected chi connectivity index (χ3v) is 8.60. The summed E-state index contributed by atoms with van der Waals surface area (Å²) in [6, 6.07) is 16.9. The van der Waals surface area contributed by atoms with Crippen LogP contribution in [-0.4, -0.2) is 8.07 Å². The number of pyridine rings is 1. The molecule has 4 heteroatoms. The Bertz CT molecular complexity index is 1650. The van der Waals surface area contributed by atoms with Gasteiger partial charge >= 0.3 is 0 Å². The van der Waals surface area contributed by atoms with Crippen LogP contribution in [0.1, 0.15) is 12.5 Å². The lowest BCUT2D eigenvalue weighted by atomic mass is 9.96. The molecule has 0 atom stereocenters. The zero-order chi connectivity index (χ0) is 23.7. The van der Waals surface area contributed by atoms with E-state index in [0.717, 1.165) is 27.6 Å². The van der Waals surface area contributed by atoms with Gasteiger partial charge in [0.1, 0.15) is 18.2 Å². The van der Waals surface area contributed by atoms with E-state index >= 15 is 0 Å². The molecule has 0 aliphatic carbocycles. The summed E-state index contributed by atoms with van der Waals surface area (Å²) in [6.07, 6.45) is 0. The Hall–Kier alpha value is -3.42. The molecule has 0 fully saturated rings. The van der Waals surface area contributed by atoms with Crippen molar-refractivity contribution in [2.24, 2.45) is 7.05 Å². The van der Waals surface area contributed by atoms with Crippen molar-refractivity contribution >= 4 is 51.8 Å². The van der Waals surface area contributed by atoms with Gasteiger partial charge in [0, 0.05) is 28.3 Å². The Morgan fingerprint density at radius 1 is 1.00 bits per heavy atom. The molecule has 158 valence electrons. The van der Waals surface area contributed by atoms with Crippen LogP contribution in [0.5, 0.6) is 0 Å². The highest BCUT2D eigenvalue weighted by molar-refractivity contribution is 6.90. The van der Waals surface area contributed by atoms with Crippen molar-refractivity contribution in [1.29, 1.82) is 0 Å². The van der Waals surface area contributed by atoms with Crippen LogP contribution in [0.3, 0.4) is 0 Å². The molecule has 0 saturated heterocycles. The zero-order valence-corrected chi connectivity index (χ0v) is 20.4. The van der Waals surface area contributed by atoms with E-state index in [1.54, 1.807) is 6.07 Å². The minimum Gasteiger partial charge on any atom is -0.456 e. The quantitative estimate of drug-likeness (QED) is 0.167. The van der Waals surface area contributed by atoms with Crippen LogP contribution in [-0.2, 0) is 7.05 Å². The van der Waals surface area contributed by atoms with Gasteiger partial charge in [-0.05, 0) is 48.3 Å². The van der Waals surface area contributed by atoms with E-state index in [0.29, 0.717) is 11.3 Å². The average Bonchev–Trinajstić information content (AvgIpc) is 3.14. The van der Waals surface area contributed by atoms with Gasteiger partial charge in [-0.2, -0.15) is 4.57 Å². The Morgan fingerprint density at radius 3 is 2.47 bits per heavy atom. The van der Waals surface area contributed by atoms with Crippen LogP contribution in [0.15, 0.2) is 59.0 Å². The van der Waals surface area contributed by atoms with Gasteiger partial charge in [-0.3, -0.25) is 0 Å². The Kier molecular flexibility index (Phi) is 4.24. The predicted molar refractivity (Wildman–Crippen MR) is 137 cm³/mol. The SMILES string of the molecule is [2H]c1c([N+]#[C-])ccc2c1oc1c(-c3cc([Si](C)(C)C)c4ccccc4[n+]3C)c(C)c(C)cc12. The Labute approximate surface area is 191 Å². The van der Waals surface area contributed by atoms with Gasteiger partial charge in [-0.1, -0.05) is 43.9 Å². The summed E-state index contributed by atoms with van der Waals surface area (Å²) < 4.78 is 17.2. The van der Waals surface area contributed by atoms with Crippen molar-refractivity contribution in [3.05, 3.63) is 77.1 Å². The third-order valence-electron chi connectivity index (χ3n) is 6.57. The second-order valence-electron chi connectivity index (χ2n) is 9.64. The van der Waals surface area contributed by atoms with E-state index < -0.39 is 8.07 Å². The molecule has 0 bridgehead atoms. The van der Waals surface area contributed by atoms with Crippen molar-refractivity contribution in [2.75, 3.05) is 0 Å². The standard InChI is InChI=1S/C28H27N2OSi/c1-17-14-22-20-13-12-19(29-3)15-25(20)31-28(22)27(18(17)2)24-16-26(32(5,6)7)21-10-8-9-11-23(21)30(24)4/h8-16H,1-2,4-7H3/q+1/i15D. The molecule has 0 saturated carbocycles. The number of nitrogens with zero attached hydrogens (tertiary/aromatic N) is 2. The number of fused-ring (bicyclic) bond motifs is 4. The summed E-state index contributed by atoms with van der Waals surface area (Å²) in [5.74, 6) is 0. The number of aromatic nitrogens is 1. The number of benzene rings is 3. The summed E-state index contributed by atoms with van der Waals surface area (Å²) in [4.78, 5) is 3.50. The summed E-state index contributed by atoms with van der Waals surface area (Å²) in [5, 5.41) is 4.62. The van der Waals surface area contributed by atoms with Crippen LogP contribution in [0.2, 0.25) is 19.6 Å². The number of rotatable bonds is 2. The molecule has 0 aliphatic rings. The van der Waals surface area contributed by atoms with Gasteiger partial charge in [0.15, 0.2) is 5.69 Å². The van der Waals surface area contributed by atoms with Crippen LogP contribution in [0.4, 0.5) is 5.69 Å². The van der Waals surface area contributed by atoms with Crippen molar-refractivity contribution in [3.63, 3.8) is 0 Å². The highest BCUT2D eigenvalue weighted by Gasteiger charge is 2.29. The monoisotopic (exact) mass is 436 g/mol. The minimum absolute atomic E-state index is 0.158. The third kappa shape index (κ3) is 2.96. The van der Waals surface area contributed by atoms with E-state index in [-0.39, 0.29) is 6.04 Å². The molecule has 0 N–H and O–H groups in total. The van der Waals surface area contributed by atoms with E-state index in [9.17, 15) is 0 Å². The van der Waals surface area contributed by atoms with E-state index in [1.807, 2.05) is 6.07 Å². The smallest absolute Gasteiger partial charge is 0.216 e. The van der Waals surface area contributed by atoms with E-state index in [1.165, 1.54) is 27.2 Å². The number of hydrogen-bond acceptors (Lipinski definition) is 1. The second-order valence-corrected chi connectivity index (χ2v) is 14.7. The maximum atomic E-state index is 8.51. The first kappa shape index (κ1) is 19.3. The largest absolute Gasteiger partial charge is 0.456 e. The topological polar surface area (TPSA) is 21.4 Å². The number of aryl methyl sites for hydroxylation is 2. The maximum absolute atomic E-state index is 8.51. The van der Waals surface area contributed by atoms with Crippen molar-refractivity contribution < 1.29 is 10.4 Å². The first-order chi connectivity index (χ1) is 15.6. The van der Waals surface area contributed by atoms with Crippen LogP contribution < -0.4 is 9.75 Å². The first-order valence-corrected chi connectivity index (χ1v) is 14.4. The van der Waals surface area contributed by atoms with Crippen LogP contribution in [0, 0.1) is 20.4 Å². The van der Waals surface area contributed by atoms with E-state index in [2.05, 4.69) is 86.3 Å². The minimum atomic E-state index is -1.64. The first-order valence-electron chi connectivity index (χ1n) is 11.4. The van der Waals surface area contributed by atoms with Gasteiger partial charge in [0.25, 0.3) is 0 Å². The van der Waals surface area contributed by atoms with Crippen LogP contribution >= 0.6 is 0 Å². The zero-order valence-electron chi connectivity index (χ0n) is 20.4. The fourth-order valence-electron chi connectivity index (χ4n) is 4.73. The molecule has 5 aromatic rings. The van der Waals surface area contributed by atoms with Gasteiger partial charge in [-0.25, -0.2) is 4.85 Å². The lowest BCUT2D eigenvalue weighted by Gasteiger charge is -2.20. The summed E-state index contributed by atoms with van der Waals surface area (Å²) >= 11 is 0. The van der Waals surface area contributed by atoms with Gasteiger partial charge in [-0.15, -0.1) is 0 Å². The molecule has 3 nitrogen and oxygen atoms in total. The lowest BCUT2D eigenvalue weighted by Crippen LogP contribution is -2.43. The molecule has 32 heavy (non-hydrogen) atoms. The normalized spacial score (nSPS) is 12.5. The molecule has 0 radical (unpaired) electrons. The molecular formula is C28H27N2OSi+. The molecule has 2 aromatic heterocycles. The molecular weight excluding hydrogens is 408 g/mol. The molecule has 0 spiro atoms. The van der Waals surface area contributed by atoms with E-state index in [4.69, 9.17) is 12.4 Å². The Balaban J connectivity index is 1.98. The fraction of sp³-hybridized carbons (Fsp3) is 0.214. The molecule has 2 heterocycles. The highest BCUT2D eigenvalue weighted by atomic mass is 28.3. The Morgan fingerprint density at radius 2 is 1.75 bits per heavy atom. The summed E-state index contributed by atoms with van der Waals surface area (Å²) in [7, 11) is 0.476. The second kappa shape index (κ2) is 7.05. The lowest BCUT2D eigenvalue weighted by molar-refractivity contribution is -0.633. The van der Waals surface area contributed by atoms with Crippen molar-refractivity contribution in [3.8, 4) is 11.3 Å². The molecule has 0 aliphatic heterocycles. The molecule has 5 rings (SSSR count). The van der Waals surface area contributed by atoms with Crippen LogP contribution in [0.25, 0.3) is 48.9 Å². The summed E-state index contributed by atoms with van der Waals surface area (Å²) in [5.41, 5.74) is 7.33. The highest BCUT2D eigenvalue weighted by Crippen LogP contribution is 2.39.